The van der Waals surface area contributed by atoms with Gasteiger partial charge in [0.15, 0.2) is 0 Å². The van der Waals surface area contributed by atoms with Gasteiger partial charge in [-0.25, -0.2) is 0 Å². The van der Waals surface area contributed by atoms with Crippen LogP contribution in [-0.2, 0) is 11.3 Å². The molecule has 0 aromatic carbocycles. The molecular weight excluding hydrogens is 264 g/mol. The monoisotopic (exact) mass is 286 g/mol. The molecule has 0 fully saturated rings. The fourth-order valence-corrected chi connectivity index (χ4v) is 2.38. The van der Waals surface area contributed by atoms with Gasteiger partial charge in [0, 0.05) is 38.6 Å². The second-order valence-electron chi connectivity index (χ2n) is 5.08. The van der Waals surface area contributed by atoms with E-state index in [0.717, 1.165) is 18.5 Å². The molecule has 1 atom stereocenters. The number of aromatic nitrogens is 3. The van der Waals surface area contributed by atoms with Gasteiger partial charge in [0.2, 0.25) is 5.91 Å². The Kier molecular flexibility index (Phi) is 5.49. The highest BCUT2D eigenvalue weighted by Gasteiger charge is 2.21. The summed E-state index contributed by atoms with van der Waals surface area (Å²) in [6.45, 7) is 2.73. The number of hydrogen-bond donors (Lipinski definition) is 0. The van der Waals surface area contributed by atoms with Crippen LogP contribution in [-0.4, -0.2) is 32.6 Å². The summed E-state index contributed by atoms with van der Waals surface area (Å²) < 4.78 is 1.78. The van der Waals surface area contributed by atoms with Gasteiger partial charge in [-0.1, -0.05) is 19.4 Å². The number of aryl methyl sites for hydroxylation is 1. The Balaban J connectivity index is 2.00. The number of amides is 1. The standard InChI is InChI=1S/C16H22N4O/c1-3-7-15(14-8-4-5-10-17-14)19(2)16(21)9-13-20-12-6-11-18-20/h4-6,8,10-12,15H,3,7,9,13H2,1-2H3/t15-/m1/s1. The van der Waals surface area contributed by atoms with Gasteiger partial charge < -0.3 is 4.90 Å². The molecule has 112 valence electrons. The highest BCUT2D eigenvalue weighted by atomic mass is 16.2. The molecule has 0 bridgehead atoms. The molecule has 0 aliphatic heterocycles. The number of pyridine rings is 1. The lowest BCUT2D eigenvalue weighted by atomic mass is 10.1. The maximum atomic E-state index is 12.4. The Morgan fingerprint density at radius 1 is 1.33 bits per heavy atom. The fourth-order valence-electron chi connectivity index (χ4n) is 2.38. The van der Waals surface area contributed by atoms with E-state index in [4.69, 9.17) is 0 Å². The normalized spacial score (nSPS) is 12.1. The summed E-state index contributed by atoms with van der Waals surface area (Å²) in [7, 11) is 1.86. The highest BCUT2D eigenvalue weighted by molar-refractivity contribution is 5.76. The van der Waals surface area contributed by atoms with Crippen molar-refractivity contribution in [1.29, 1.82) is 0 Å². The van der Waals surface area contributed by atoms with Crippen molar-refractivity contribution in [3.05, 3.63) is 48.5 Å². The van der Waals surface area contributed by atoms with Gasteiger partial charge in [-0.05, 0) is 24.6 Å². The van der Waals surface area contributed by atoms with E-state index in [-0.39, 0.29) is 11.9 Å². The molecular formula is C16H22N4O. The van der Waals surface area contributed by atoms with Crippen molar-refractivity contribution in [1.82, 2.24) is 19.7 Å². The van der Waals surface area contributed by atoms with E-state index < -0.39 is 0 Å². The third-order valence-corrected chi connectivity index (χ3v) is 3.57. The smallest absolute Gasteiger partial charge is 0.224 e. The second-order valence-corrected chi connectivity index (χ2v) is 5.08. The average molecular weight is 286 g/mol. The van der Waals surface area contributed by atoms with E-state index in [1.807, 2.05) is 42.4 Å². The van der Waals surface area contributed by atoms with Crippen molar-refractivity contribution in [2.24, 2.45) is 0 Å². The average Bonchev–Trinajstić information content (AvgIpc) is 3.04. The van der Waals surface area contributed by atoms with Crippen LogP contribution in [0, 0.1) is 0 Å². The summed E-state index contributed by atoms with van der Waals surface area (Å²) in [6, 6.07) is 7.75. The van der Waals surface area contributed by atoms with E-state index in [1.165, 1.54) is 0 Å². The van der Waals surface area contributed by atoms with Crippen LogP contribution in [0.2, 0.25) is 0 Å². The van der Waals surface area contributed by atoms with Crippen LogP contribution in [0.4, 0.5) is 0 Å². The van der Waals surface area contributed by atoms with Crippen molar-refractivity contribution in [2.45, 2.75) is 38.8 Å². The quantitative estimate of drug-likeness (QED) is 0.786. The molecule has 0 aliphatic rings. The lowest BCUT2D eigenvalue weighted by Gasteiger charge is -2.27. The molecule has 0 saturated heterocycles. The number of nitrogens with zero attached hydrogens (tertiary/aromatic N) is 4. The van der Waals surface area contributed by atoms with E-state index in [2.05, 4.69) is 17.0 Å². The van der Waals surface area contributed by atoms with Crippen LogP contribution in [0.1, 0.15) is 37.9 Å². The maximum absolute atomic E-state index is 12.4. The van der Waals surface area contributed by atoms with Crippen LogP contribution >= 0.6 is 0 Å². The molecule has 2 aromatic heterocycles. The summed E-state index contributed by atoms with van der Waals surface area (Å²) >= 11 is 0. The predicted molar refractivity (Wildman–Crippen MR) is 81.5 cm³/mol. The lowest BCUT2D eigenvalue weighted by molar-refractivity contribution is -0.132. The van der Waals surface area contributed by atoms with Crippen LogP contribution in [0.5, 0.6) is 0 Å². The van der Waals surface area contributed by atoms with Gasteiger partial charge >= 0.3 is 0 Å². The summed E-state index contributed by atoms with van der Waals surface area (Å²) in [5.41, 5.74) is 0.953. The fraction of sp³-hybridized carbons (Fsp3) is 0.438. The van der Waals surface area contributed by atoms with E-state index in [0.29, 0.717) is 13.0 Å². The molecule has 2 aromatic rings. The second kappa shape index (κ2) is 7.57. The minimum atomic E-state index is 0.0429. The van der Waals surface area contributed by atoms with Crippen LogP contribution in [0.15, 0.2) is 42.9 Å². The maximum Gasteiger partial charge on any atom is 0.224 e. The lowest BCUT2D eigenvalue weighted by Crippen LogP contribution is -2.32. The van der Waals surface area contributed by atoms with E-state index in [9.17, 15) is 4.79 Å². The van der Waals surface area contributed by atoms with E-state index >= 15 is 0 Å². The molecule has 5 nitrogen and oxygen atoms in total. The Hall–Kier alpha value is -2.17. The first kappa shape index (κ1) is 15.2. The molecule has 5 heteroatoms. The van der Waals surface area contributed by atoms with Gasteiger partial charge in [0.1, 0.15) is 0 Å². The third kappa shape index (κ3) is 4.15. The zero-order valence-corrected chi connectivity index (χ0v) is 12.6. The Labute approximate surface area is 125 Å². The molecule has 21 heavy (non-hydrogen) atoms. The summed E-state index contributed by atoms with van der Waals surface area (Å²) in [4.78, 5) is 18.6. The minimum Gasteiger partial charge on any atom is -0.337 e. The molecule has 0 spiro atoms. The molecule has 0 N–H and O–H groups in total. The van der Waals surface area contributed by atoms with Crippen molar-refractivity contribution in [2.75, 3.05) is 7.05 Å². The summed E-state index contributed by atoms with van der Waals surface area (Å²) in [6.07, 6.45) is 7.75. The van der Waals surface area contributed by atoms with Gasteiger partial charge in [-0.2, -0.15) is 5.10 Å². The van der Waals surface area contributed by atoms with Gasteiger partial charge in [0.05, 0.1) is 11.7 Å². The Bertz CT molecular complexity index is 539. The first-order chi connectivity index (χ1) is 10.2. The number of carbonyl (C=O) groups excluding carboxylic acids is 1. The third-order valence-electron chi connectivity index (χ3n) is 3.57. The summed E-state index contributed by atoms with van der Waals surface area (Å²) in [5, 5.41) is 4.12. The van der Waals surface area contributed by atoms with Crippen LogP contribution < -0.4 is 0 Å². The molecule has 0 unspecified atom stereocenters. The van der Waals surface area contributed by atoms with E-state index in [1.54, 1.807) is 17.1 Å². The molecule has 0 saturated carbocycles. The van der Waals surface area contributed by atoms with Crippen molar-refractivity contribution >= 4 is 5.91 Å². The largest absolute Gasteiger partial charge is 0.337 e. The van der Waals surface area contributed by atoms with Gasteiger partial charge in [-0.3, -0.25) is 14.5 Å². The number of hydrogen-bond acceptors (Lipinski definition) is 3. The molecule has 1 amide bonds. The highest BCUT2D eigenvalue weighted by Crippen LogP contribution is 2.23. The zero-order chi connectivity index (χ0) is 15.1. The number of carbonyl (C=O) groups is 1. The van der Waals surface area contributed by atoms with Crippen molar-refractivity contribution < 1.29 is 4.79 Å². The predicted octanol–water partition coefficient (Wildman–Crippen LogP) is 2.67. The van der Waals surface area contributed by atoms with Gasteiger partial charge in [0.25, 0.3) is 0 Å². The number of rotatable bonds is 7. The molecule has 2 heterocycles. The minimum absolute atomic E-state index is 0.0429. The first-order valence-electron chi connectivity index (χ1n) is 7.36. The van der Waals surface area contributed by atoms with Crippen LogP contribution in [0.25, 0.3) is 0 Å². The summed E-state index contributed by atoms with van der Waals surface area (Å²) in [5.74, 6) is 0.120. The molecule has 2 rings (SSSR count). The molecule has 0 radical (unpaired) electrons. The first-order valence-corrected chi connectivity index (χ1v) is 7.36. The van der Waals surface area contributed by atoms with Crippen LogP contribution in [0.3, 0.4) is 0 Å². The Morgan fingerprint density at radius 3 is 2.81 bits per heavy atom. The topological polar surface area (TPSA) is 51.0 Å². The van der Waals surface area contributed by atoms with Crippen molar-refractivity contribution in [3.8, 4) is 0 Å². The molecule has 0 aliphatic carbocycles. The SMILES string of the molecule is CCC[C@H](c1ccccn1)N(C)C(=O)CCn1cccn1. The Morgan fingerprint density at radius 2 is 2.19 bits per heavy atom. The van der Waals surface area contributed by atoms with Gasteiger partial charge in [-0.15, -0.1) is 0 Å². The van der Waals surface area contributed by atoms with Crippen molar-refractivity contribution in [3.63, 3.8) is 0 Å². The zero-order valence-electron chi connectivity index (χ0n) is 12.6.